The molecular weight excluding hydrogens is 308 g/mol. The molecule has 23 heavy (non-hydrogen) atoms. The van der Waals surface area contributed by atoms with Crippen LogP contribution in [-0.4, -0.2) is 26.7 Å². The summed E-state index contributed by atoms with van der Waals surface area (Å²) < 4.78 is 2.91. The molecule has 5 nitrogen and oxygen atoms in total. The molecule has 0 saturated heterocycles. The fourth-order valence-corrected chi connectivity index (χ4v) is 3.91. The number of thiazole rings is 1. The van der Waals surface area contributed by atoms with Crippen molar-refractivity contribution in [3.05, 3.63) is 35.2 Å². The molecule has 4 rings (SSSR count). The SMILES string of the molecule is Cc1nn(C)c(C)c1-c1nc2ccc(C(=O)NC3CC3)cc2s1. The molecule has 1 fully saturated rings. The molecule has 3 aromatic rings. The van der Waals surface area contributed by atoms with Crippen molar-refractivity contribution in [1.29, 1.82) is 0 Å². The first-order valence-electron chi connectivity index (χ1n) is 7.75. The summed E-state index contributed by atoms with van der Waals surface area (Å²) in [6, 6.07) is 6.09. The zero-order valence-electron chi connectivity index (χ0n) is 13.4. The largest absolute Gasteiger partial charge is 0.349 e. The van der Waals surface area contributed by atoms with E-state index in [9.17, 15) is 4.79 Å². The molecule has 1 aliphatic rings. The van der Waals surface area contributed by atoms with Gasteiger partial charge < -0.3 is 5.32 Å². The molecule has 0 aliphatic heterocycles. The highest BCUT2D eigenvalue weighted by molar-refractivity contribution is 7.21. The topological polar surface area (TPSA) is 59.8 Å². The summed E-state index contributed by atoms with van der Waals surface area (Å²) in [5, 5.41) is 8.45. The molecule has 6 heteroatoms. The van der Waals surface area contributed by atoms with Crippen LogP contribution in [0.15, 0.2) is 18.2 Å². The molecule has 2 aromatic heterocycles. The summed E-state index contributed by atoms with van der Waals surface area (Å²) >= 11 is 1.61. The average Bonchev–Trinajstić information content (AvgIpc) is 3.16. The van der Waals surface area contributed by atoms with Gasteiger partial charge in [-0.1, -0.05) is 0 Å². The molecule has 0 spiro atoms. The number of hydrogen-bond acceptors (Lipinski definition) is 4. The van der Waals surface area contributed by atoms with Gasteiger partial charge in [-0.3, -0.25) is 9.48 Å². The highest BCUT2D eigenvalue weighted by Gasteiger charge is 2.24. The minimum Gasteiger partial charge on any atom is -0.349 e. The zero-order valence-corrected chi connectivity index (χ0v) is 14.2. The predicted octanol–water partition coefficient (Wildman–Crippen LogP) is 3.21. The van der Waals surface area contributed by atoms with E-state index >= 15 is 0 Å². The van der Waals surface area contributed by atoms with Crippen LogP contribution in [0.3, 0.4) is 0 Å². The van der Waals surface area contributed by atoms with Gasteiger partial charge >= 0.3 is 0 Å². The number of fused-ring (bicyclic) bond motifs is 1. The quantitative estimate of drug-likeness (QED) is 0.804. The van der Waals surface area contributed by atoms with Gasteiger partial charge in [-0.05, 0) is 44.9 Å². The monoisotopic (exact) mass is 326 g/mol. The van der Waals surface area contributed by atoms with Crippen molar-refractivity contribution < 1.29 is 4.79 Å². The lowest BCUT2D eigenvalue weighted by molar-refractivity contribution is 0.0951. The molecule has 1 amide bonds. The molecule has 0 unspecified atom stereocenters. The van der Waals surface area contributed by atoms with Crippen LogP contribution in [0, 0.1) is 13.8 Å². The molecule has 1 aliphatic carbocycles. The van der Waals surface area contributed by atoms with Crippen molar-refractivity contribution in [1.82, 2.24) is 20.1 Å². The minimum atomic E-state index is 0.0121. The van der Waals surface area contributed by atoms with Gasteiger partial charge in [0.15, 0.2) is 0 Å². The average molecular weight is 326 g/mol. The van der Waals surface area contributed by atoms with Crippen LogP contribution in [0.2, 0.25) is 0 Å². The third kappa shape index (κ3) is 2.53. The first kappa shape index (κ1) is 14.4. The van der Waals surface area contributed by atoms with Gasteiger partial charge in [-0.25, -0.2) is 4.98 Å². The minimum absolute atomic E-state index is 0.0121. The van der Waals surface area contributed by atoms with E-state index in [2.05, 4.69) is 17.3 Å². The van der Waals surface area contributed by atoms with Crippen molar-refractivity contribution >= 4 is 27.5 Å². The van der Waals surface area contributed by atoms with E-state index in [1.807, 2.05) is 36.9 Å². The normalized spacial score (nSPS) is 14.4. The van der Waals surface area contributed by atoms with Crippen LogP contribution >= 0.6 is 11.3 Å². The number of carbonyl (C=O) groups excluding carboxylic acids is 1. The lowest BCUT2D eigenvalue weighted by Gasteiger charge is -2.02. The van der Waals surface area contributed by atoms with E-state index < -0.39 is 0 Å². The van der Waals surface area contributed by atoms with Gasteiger partial charge in [0.2, 0.25) is 0 Å². The third-order valence-corrected chi connectivity index (χ3v) is 5.32. The molecular formula is C17H18N4OS. The second kappa shape index (κ2) is 5.16. The Morgan fingerprint density at radius 2 is 2.13 bits per heavy atom. The first-order valence-corrected chi connectivity index (χ1v) is 8.56. The number of rotatable bonds is 3. The van der Waals surface area contributed by atoms with Crippen molar-refractivity contribution in [2.75, 3.05) is 0 Å². The maximum atomic E-state index is 12.2. The maximum Gasteiger partial charge on any atom is 0.251 e. The molecule has 118 valence electrons. The Morgan fingerprint density at radius 1 is 1.35 bits per heavy atom. The number of carbonyl (C=O) groups is 1. The summed E-state index contributed by atoms with van der Waals surface area (Å²) in [7, 11) is 1.94. The highest BCUT2D eigenvalue weighted by atomic mass is 32.1. The standard InChI is InChI=1S/C17H18N4OS/c1-9-15(10(2)21(3)20-9)17-19-13-7-4-11(8-14(13)23-17)16(22)18-12-5-6-12/h4,7-8,12H,5-6H2,1-3H3,(H,18,22). The summed E-state index contributed by atoms with van der Waals surface area (Å²) in [6.07, 6.45) is 2.19. The second-order valence-corrected chi connectivity index (χ2v) is 7.15. The van der Waals surface area contributed by atoms with Crippen LogP contribution in [0.25, 0.3) is 20.8 Å². The summed E-state index contributed by atoms with van der Waals surface area (Å²) in [4.78, 5) is 16.9. The van der Waals surface area contributed by atoms with Crippen molar-refractivity contribution in [3.8, 4) is 10.6 Å². The number of amides is 1. The van der Waals surface area contributed by atoms with Gasteiger partial charge in [0.05, 0.1) is 21.5 Å². The van der Waals surface area contributed by atoms with E-state index in [1.165, 1.54) is 0 Å². The Labute approximate surface area is 138 Å². The summed E-state index contributed by atoms with van der Waals surface area (Å²) in [5.74, 6) is 0.0121. The first-order chi connectivity index (χ1) is 11.0. The van der Waals surface area contributed by atoms with Gasteiger partial charge in [0, 0.05) is 24.3 Å². The van der Waals surface area contributed by atoms with Crippen LogP contribution in [0.5, 0.6) is 0 Å². The number of benzene rings is 1. The fraction of sp³-hybridized carbons (Fsp3) is 0.353. The van der Waals surface area contributed by atoms with Crippen LogP contribution in [0.1, 0.15) is 34.6 Å². The molecule has 1 aromatic carbocycles. The van der Waals surface area contributed by atoms with Gasteiger partial charge in [0.1, 0.15) is 5.01 Å². The van der Waals surface area contributed by atoms with E-state index in [4.69, 9.17) is 4.98 Å². The van der Waals surface area contributed by atoms with E-state index in [1.54, 1.807) is 11.3 Å². The smallest absolute Gasteiger partial charge is 0.251 e. The van der Waals surface area contributed by atoms with Gasteiger partial charge in [0.25, 0.3) is 5.91 Å². The van der Waals surface area contributed by atoms with E-state index in [-0.39, 0.29) is 5.91 Å². The Morgan fingerprint density at radius 3 is 2.78 bits per heavy atom. The molecule has 1 N–H and O–H groups in total. The molecule has 1 saturated carbocycles. The Bertz CT molecular complexity index is 920. The molecule has 0 radical (unpaired) electrons. The second-order valence-electron chi connectivity index (χ2n) is 6.12. The van der Waals surface area contributed by atoms with Crippen molar-refractivity contribution in [2.45, 2.75) is 32.7 Å². The molecule has 0 bridgehead atoms. The maximum absolute atomic E-state index is 12.2. The third-order valence-electron chi connectivity index (χ3n) is 4.29. The van der Waals surface area contributed by atoms with Crippen LogP contribution in [0.4, 0.5) is 0 Å². The van der Waals surface area contributed by atoms with Gasteiger partial charge in [-0.15, -0.1) is 11.3 Å². The van der Waals surface area contributed by atoms with Crippen LogP contribution < -0.4 is 5.32 Å². The highest BCUT2D eigenvalue weighted by Crippen LogP contribution is 2.34. The lowest BCUT2D eigenvalue weighted by atomic mass is 10.2. The van der Waals surface area contributed by atoms with Crippen molar-refractivity contribution in [2.24, 2.45) is 7.05 Å². The zero-order chi connectivity index (χ0) is 16.1. The van der Waals surface area contributed by atoms with Crippen LogP contribution in [-0.2, 0) is 7.05 Å². The Kier molecular flexibility index (Phi) is 3.23. The number of hydrogen-bond donors (Lipinski definition) is 1. The van der Waals surface area contributed by atoms with Gasteiger partial charge in [-0.2, -0.15) is 5.10 Å². The lowest BCUT2D eigenvalue weighted by Crippen LogP contribution is -2.25. The summed E-state index contributed by atoms with van der Waals surface area (Å²) in [5.41, 5.74) is 4.82. The number of nitrogens with one attached hydrogen (secondary N) is 1. The van der Waals surface area contributed by atoms with Crippen molar-refractivity contribution in [3.63, 3.8) is 0 Å². The Hall–Kier alpha value is -2.21. The molecule has 0 atom stereocenters. The Balaban J connectivity index is 1.74. The summed E-state index contributed by atoms with van der Waals surface area (Å²) in [6.45, 7) is 4.05. The van der Waals surface area contributed by atoms with E-state index in [0.717, 1.165) is 45.0 Å². The predicted molar refractivity (Wildman–Crippen MR) is 91.8 cm³/mol. The number of aryl methyl sites for hydroxylation is 2. The molecule has 2 heterocycles. The number of aromatic nitrogens is 3. The number of nitrogens with zero attached hydrogens (tertiary/aromatic N) is 3. The van der Waals surface area contributed by atoms with E-state index in [0.29, 0.717) is 11.6 Å². The fourth-order valence-electron chi connectivity index (χ4n) is 2.75.